The molecule has 0 aliphatic heterocycles. The summed E-state index contributed by atoms with van der Waals surface area (Å²) < 4.78 is 0. The van der Waals surface area contributed by atoms with Gasteiger partial charge in [0.05, 0.1) is 6.61 Å². The highest BCUT2D eigenvalue weighted by atomic mass is 35.5. The maximum atomic E-state index is 8.75. The van der Waals surface area contributed by atoms with Gasteiger partial charge in [-0.2, -0.15) is 0 Å². The van der Waals surface area contributed by atoms with E-state index in [1.165, 1.54) is 19.3 Å². The predicted octanol–water partition coefficient (Wildman–Crippen LogP) is 1.07. The fraction of sp³-hybridized carbons (Fsp3) is 1.00. The molecule has 1 aliphatic carbocycles. The van der Waals surface area contributed by atoms with E-state index in [2.05, 4.69) is 4.90 Å². The fourth-order valence-corrected chi connectivity index (χ4v) is 1.68. The third-order valence-corrected chi connectivity index (χ3v) is 2.52. The van der Waals surface area contributed by atoms with E-state index in [1.54, 1.807) is 0 Å². The molecule has 0 aromatic heterocycles. The molecule has 0 unspecified atom stereocenters. The van der Waals surface area contributed by atoms with Crippen LogP contribution in [0.25, 0.3) is 0 Å². The summed E-state index contributed by atoms with van der Waals surface area (Å²) in [5.41, 5.74) is 0. The first-order valence-corrected chi connectivity index (χ1v) is 4.83. The summed E-state index contributed by atoms with van der Waals surface area (Å²) in [7, 11) is 0. The fourth-order valence-electron chi connectivity index (χ4n) is 1.47. The first-order chi connectivity index (χ1) is 5.38. The molecule has 0 spiro atoms. The predicted molar refractivity (Wildman–Crippen MR) is 47.0 cm³/mol. The molecule has 66 valence electrons. The van der Waals surface area contributed by atoms with Crippen molar-refractivity contribution in [2.24, 2.45) is 0 Å². The average molecular weight is 178 g/mol. The summed E-state index contributed by atoms with van der Waals surface area (Å²) in [6.07, 6.45) is 3.92. The lowest BCUT2D eigenvalue weighted by Gasteiger charge is -2.36. The van der Waals surface area contributed by atoms with E-state index in [0.29, 0.717) is 11.9 Å². The number of hydrogen-bond acceptors (Lipinski definition) is 2. The molecule has 1 fully saturated rings. The largest absolute Gasteiger partial charge is 0.395 e. The lowest BCUT2D eigenvalue weighted by Crippen LogP contribution is -2.42. The van der Waals surface area contributed by atoms with E-state index in [4.69, 9.17) is 16.7 Å². The van der Waals surface area contributed by atoms with Gasteiger partial charge in [-0.1, -0.05) is 6.42 Å². The number of halogens is 1. The zero-order valence-corrected chi connectivity index (χ0v) is 7.56. The Labute approximate surface area is 73.1 Å². The first kappa shape index (κ1) is 9.30. The second-order valence-electron chi connectivity index (χ2n) is 3.03. The Morgan fingerprint density at radius 3 is 2.45 bits per heavy atom. The van der Waals surface area contributed by atoms with Gasteiger partial charge in [-0.15, -0.1) is 11.6 Å². The number of rotatable bonds is 5. The molecule has 1 N–H and O–H groups in total. The van der Waals surface area contributed by atoms with Crippen LogP contribution < -0.4 is 0 Å². The van der Waals surface area contributed by atoms with Gasteiger partial charge in [-0.25, -0.2) is 0 Å². The van der Waals surface area contributed by atoms with Crippen LogP contribution in [-0.4, -0.2) is 41.6 Å². The van der Waals surface area contributed by atoms with Crippen molar-refractivity contribution >= 4 is 11.6 Å². The Morgan fingerprint density at radius 1 is 1.36 bits per heavy atom. The van der Waals surface area contributed by atoms with Gasteiger partial charge < -0.3 is 5.11 Å². The molecule has 2 nitrogen and oxygen atoms in total. The van der Waals surface area contributed by atoms with E-state index >= 15 is 0 Å². The smallest absolute Gasteiger partial charge is 0.0558 e. The monoisotopic (exact) mass is 177 g/mol. The standard InChI is InChI=1S/C8H16ClNO/c9-4-5-10(6-7-11)8-2-1-3-8/h8,11H,1-7H2. The van der Waals surface area contributed by atoms with Gasteiger partial charge in [0.15, 0.2) is 0 Å². The zero-order chi connectivity index (χ0) is 8.10. The van der Waals surface area contributed by atoms with Crippen molar-refractivity contribution in [2.45, 2.75) is 25.3 Å². The number of alkyl halides is 1. The molecule has 0 amide bonds. The quantitative estimate of drug-likeness (QED) is 0.636. The molecule has 0 aromatic rings. The van der Waals surface area contributed by atoms with Gasteiger partial charge in [0.1, 0.15) is 0 Å². The van der Waals surface area contributed by atoms with Crippen LogP contribution in [0, 0.1) is 0 Å². The van der Waals surface area contributed by atoms with Crippen LogP contribution in [0.4, 0.5) is 0 Å². The Hall–Kier alpha value is 0.210. The van der Waals surface area contributed by atoms with Crippen LogP contribution in [0.5, 0.6) is 0 Å². The molecule has 1 rings (SSSR count). The summed E-state index contributed by atoms with van der Waals surface area (Å²) in [6, 6.07) is 0.709. The van der Waals surface area contributed by atoms with Crippen LogP contribution in [0.3, 0.4) is 0 Å². The molecule has 1 saturated carbocycles. The van der Waals surface area contributed by atoms with Gasteiger partial charge in [0.25, 0.3) is 0 Å². The van der Waals surface area contributed by atoms with Crippen molar-refractivity contribution in [3.8, 4) is 0 Å². The van der Waals surface area contributed by atoms with E-state index < -0.39 is 0 Å². The first-order valence-electron chi connectivity index (χ1n) is 4.29. The molecule has 0 radical (unpaired) electrons. The van der Waals surface area contributed by atoms with Crippen molar-refractivity contribution in [3.05, 3.63) is 0 Å². The average Bonchev–Trinajstić information content (AvgIpc) is 1.85. The molecule has 0 heterocycles. The maximum absolute atomic E-state index is 8.75. The molecular weight excluding hydrogens is 162 g/mol. The van der Waals surface area contributed by atoms with Crippen LogP contribution in [0.1, 0.15) is 19.3 Å². The normalized spacial score (nSPS) is 18.8. The second kappa shape index (κ2) is 4.96. The van der Waals surface area contributed by atoms with Gasteiger partial charge in [0.2, 0.25) is 0 Å². The summed E-state index contributed by atoms with van der Waals surface area (Å²) in [5.74, 6) is 0.677. The van der Waals surface area contributed by atoms with Gasteiger partial charge in [-0.05, 0) is 12.8 Å². The molecule has 3 heteroatoms. The van der Waals surface area contributed by atoms with Gasteiger partial charge in [0, 0.05) is 25.0 Å². The van der Waals surface area contributed by atoms with Crippen LogP contribution >= 0.6 is 11.6 Å². The van der Waals surface area contributed by atoms with Crippen LogP contribution in [-0.2, 0) is 0 Å². The minimum Gasteiger partial charge on any atom is -0.395 e. The molecule has 11 heavy (non-hydrogen) atoms. The SMILES string of the molecule is OCCN(CCCl)C1CCC1. The zero-order valence-electron chi connectivity index (χ0n) is 6.80. The summed E-state index contributed by atoms with van der Waals surface area (Å²) in [4.78, 5) is 2.29. The Balaban J connectivity index is 2.19. The molecule has 0 atom stereocenters. The Kier molecular flexibility index (Phi) is 4.20. The van der Waals surface area contributed by atoms with Crippen molar-refractivity contribution < 1.29 is 5.11 Å². The lowest BCUT2D eigenvalue weighted by atomic mass is 9.91. The third kappa shape index (κ3) is 2.62. The van der Waals surface area contributed by atoms with E-state index in [0.717, 1.165) is 13.1 Å². The van der Waals surface area contributed by atoms with Gasteiger partial charge >= 0.3 is 0 Å². The highest BCUT2D eigenvalue weighted by Gasteiger charge is 2.23. The maximum Gasteiger partial charge on any atom is 0.0558 e. The van der Waals surface area contributed by atoms with E-state index in [1.807, 2.05) is 0 Å². The van der Waals surface area contributed by atoms with Crippen molar-refractivity contribution in [1.82, 2.24) is 4.90 Å². The third-order valence-electron chi connectivity index (χ3n) is 2.35. The molecule has 0 bridgehead atoms. The summed E-state index contributed by atoms with van der Waals surface area (Å²) >= 11 is 5.63. The van der Waals surface area contributed by atoms with Crippen molar-refractivity contribution in [3.63, 3.8) is 0 Å². The minimum atomic E-state index is 0.257. The number of aliphatic hydroxyl groups excluding tert-OH is 1. The highest BCUT2D eigenvalue weighted by Crippen LogP contribution is 2.24. The number of nitrogens with zero attached hydrogens (tertiary/aromatic N) is 1. The van der Waals surface area contributed by atoms with Crippen LogP contribution in [0.2, 0.25) is 0 Å². The molecule has 0 aromatic carbocycles. The minimum absolute atomic E-state index is 0.257. The summed E-state index contributed by atoms with van der Waals surface area (Å²) in [5, 5.41) is 8.75. The lowest BCUT2D eigenvalue weighted by molar-refractivity contribution is 0.108. The Morgan fingerprint density at radius 2 is 2.09 bits per heavy atom. The topological polar surface area (TPSA) is 23.5 Å². The van der Waals surface area contributed by atoms with Gasteiger partial charge in [-0.3, -0.25) is 4.90 Å². The van der Waals surface area contributed by atoms with E-state index in [-0.39, 0.29) is 6.61 Å². The second-order valence-corrected chi connectivity index (χ2v) is 3.41. The Bertz CT molecular complexity index is 100. The molecule has 1 aliphatic rings. The van der Waals surface area contributed by atoms with E-state index in [9.17, 15) is 0 Å². The van der Waals surface area contributed by atoms with Crippen LogP contribution in [0.15, 0.2) is 0 Å². The molecule has 0 saturated heterocycles. The van der Waals surface area contributed by atoms with Crippen molar-refractivity contribution in [2.75, 3.05) is 25.6 Å². The highest BCUT2D eigenvalue weighted by molar-refractivity contribution is 6.18. The number of aliphatic hydroxyl groups is 1. The summed E-state index contributed by atoms with van der Waals surface area (Å²) in [6.45, 7) is 1.97. The van der Waals surface area contributed by atoms with Crippen molar-refractivity contribution in [1.29, 1.82) is 0 Å². The molecular formula is C8H16ClNO. The number of hydrogen-bond donors (Lipinski definition) is 1.